The van der Waals surface area contributed by atoms with Crippen LogP contribution in [0.15, 0.2) is 24.5 Å². The zero-order valence-corrected chi connectivity index (χ0v) is 10.1. The van der Waals surface area contributed by atoms with Crippen LogP contribution in [0.3, 0.4) is 0 Å². The fourth-order valence-corrected chi connectivity index (χ4v) is 1.65. The SMILES string of the molecule is CCN(C(=O)C(C)CNC)c1ccncc1. The number of carbonyl (C=O) groups excluding carboxylic acids is 1. The van der Waals surface area contributed by atoms with Crippen molar-refractivity contribution in [3.05, 3.63) is 24.5 Å². The Kier molecular flexibility index (Phi) is 4.92. The second-order valence-electron chi connectivity index (χ2n) is 3.75. The highest BCUT2D eigenvalue weighted by atomic mass is 16.2. The van der Waals surface area contributed by atoms with Gasteiger partial charge in [0.1, 0.15) is 0 Å². The lowest BCUT2D eigenvalue weighted by atomic mass is 10.1. The van der Waals surface area contributed by atoms with Gasteiger partial charge in [-0.1, -0.05) is 6.92 Å². The molecule has 1 N–H and O–H groups in total. The van der Waals surface area contributed by atoms with E-state index in [-0.39, 0.29) is 11.8 Å². The summed E-state index contributed by atoms with van der Waals surface area (Å²) in [6.45, 7) is 5.28. The number of rotatable bonds is 5. The number of hydrogen-bond acceptors (Lipinski definition) is 3. The van der Waals surface area contributed by atoms with Crippen LogP contribution in [-0.2, 0) is 4.79 Å². The minimum Gasteiger partial charge on any atom is -0.319 e. The molecular formula is C12H19N3O. The maximum Gasteiger partial charge on any atom is 0.231 e. The normalized spacial score (nSPS) is 12.2. The van der Waals surface area contributed by atoms with E-state index in [1.165, 1.54) is 0 Å². The van der Waals surface area contributed by atoms with Crippen LogP contribution in [0.5, 0.6) is 0 Å². The molecule has 0 radical (unpaired) electrons. The van der Waals surface area contributed by atoms with Crippen LogP contribution >= 0.6 is 0 Å². The summed E-state index contributed by atoms with van der Waals surface area (Å²) < 4.78 is 0. The van der Waals surface area contributed by atoms with Gasteiger partial charge in [0.15, 0.2) is 0 Å². The van der Waals surface area contributed by atoms with E-state index >= 15 is 0 Å². The van der Waals surface area contributed by atoms with E-state index in [9.17, 15) is 4.79 Å². The van der Waals surface area contributed by atoms with Crippen molar-refractivity contribution in [2.75, 3.05) is 25.0 Å². The zero-order chi connectivity index (χ0) is 12.0. The van der Waals surface area contributed by atoms with Crippen LogP contribution in [0, 0.1) is 5.92 Å². The summed E-state index contributed by atoms with van der Waals surface area (Å²) in [5.41, 5.74) is 0.908. The average Bonchev–Trinajstić information content (AvgIpc) is 2.31. The highest BCUT2D eigenvalue weighted by Crippen LogP contribution is 2.14. The first-order chi connectivity index (χ1) is 7.70. The molecule has 1 unspecified atom stereocenters. The van der Waals surface area contributed by atoms with Gasteiger partial charge in [0.05, 0.1) is 0 Å². The molecule has 0 spiro atoms. The second-order valence-corrected chi connectivity index (χ2v) is 3.75. The molecular weight excluding hydrogens is 202 g/mol. The predicted octanol–water partition coefficient (Wildman–Crippen LogP) is 1.29. The van der Waals surface area contributed by atoms with Crippen molar-refractivity contribution in [3.63, 3.8) is 0 Å². The molecule has 0 saturated carbocycles. The molecule has 16 heavy (non-hydrogen) atoms. The van der Waals surface area contributed by atoms with Crippen molar-refractivity contribution in [1.29, 1.82) is 0 Å². The Balaban J connectivity index is 2.79. The lowest BCUT2D eigenvalue weighted by Gasteiger charge is -2.24. The molecule has 1 heterocycles. The molecule has 1 aromatic heterocycles. The van der Waals surface area contributed by atoms with Gasteiger partial charge in [-0.05, 0) is 26.1 Å². The lowest BCUT2D eigenvalue weighted by Crippen LogP contribution is -2.38. The summed E-state index contributed by atoms with van der Waals surface area (Å²) in [4.78, 5) is 17.9. The molecule has 0 aliphatic heterocycles. The Hall–Kier alpha value is -1.42. The number of nitrogens with one attached hydrogen (secondary N) is 1. The van der Waals surface area contributed by atoms with Crippen molar-refractivity contribution < 1.29 is 4.79 Å². The minimum absolute atomic E-state index is 0.0156. The molecule has 4 heteroatoms. The molecule has 0 aliphatic carbocycles. The first-order valence-corrected chi connectivity index (χ1v) is 5.56. The van der Waals surface area contributed by atoms with E-state index in [1.807, 2.05) is 33.0 Å². The van der Waals surface area contributed by atoms with Crippen molar-refractivity contribution in [2.45, 2.75) is 13.8 Å². The minimum atomic E-state index is -0.0156. The Labute approximate surface area is 96.7 Å². The van der Waals surface area contributed by atoms with E-state index in [1.54, 1.807) is 17.3 Å². The van der Waals surface area contributed by atoms with Crippen molar-refractivity contribution >= 4 is 11.6 Å². The third kappa shape index (κ3) is 3.03. The number of nitrogens with zero attached hydrogens (tertiary/aromatic N) is 2. The topological polar surface area (TPSA) is 45.2 Å². The number of pyridine rings is 1. The predicted molar refractivity (Wildman–Crippen MR) is 65.4 cm³/mol. The highest BCUT2D eigenvalue weighted by Gasteiger charge is 2.19. The summed E-state index contributed by atoms with van der Waals surface area (Å²) in [6, 6.07) is 3.71. The van der Waals surface area contributed by atoms with Crippen LogP contribution < -0.4 is 10.2 Å². The van der Waals surface area contributed by atoms with E-state index in [0.29, 0.717) is 13.1 Å². The van der Waals surface area contributed by atoms with Gasteiger partial charge in [-0.15, -0.1) is 0 Å². The Morgan fingerprint density at radius 3 is 2.62 bits per heavy atom. The Morgan fingerprint density at radius 1 is 1.50 bits per heavy atom. The zero-order valence-electron chi connectivity index (χ0n) is 10.1. The van der Waals surface area contributed by atoms with Gasteiger partial charge in [0, 0.05) is 37.1 Å². The summed E-state index contributed by atoms with van der Waals surface area (Å²) in [7, 11) is 1.85. The molecule has 1 atom stereocenters. The molecule has 0 saturated heterocycles. The van der Waals surface area contributed by atoms with Crippen LogP contribution in [0.1, 0.15) is 13.8 Å². The van der Waals surface area contributed by atoms with Gasteiger partial charge in [-0.3, -0.25) is 9.78 Å². The first-order valence-electron chi connectivity index (χ1n) is 5.56. The van der Waals surface area contributed by atoms with Gasteiger partial charge in [-0.25, -0.2) is 0 Å². The number of carbonyl (C=O) groups is 1. The van der Waals surface area contributed by atoms with Crippen LogP contribution in [0.4, 0.5) is 5.69 Å². The number of anilines is 1. The number of hydrogen-bond donors (Lipinski definition) is 1. The van der Waals surface area contributed by atoms with Gasteiger partial charge >= 0.3 is 0 Å². The maximum atomic E-state index is 12.1. The summed E-state index contributed by atoms with van der Waals surface area (Å²) in [5, 5.41) is 3.02. The second kappa shape index (κ2) is 6.23. The molecule has 0 aliphatic rings. The van der Waals surface area contributed by atoms with Crippen LogP contribution in [-0.4, -0.2) is 31.0 Å². The quantitative estimate of drug-likeness (QED) is 0.815. The molecule has 88 valence electrons. The molecule has 0 fully saturated rings. The summed E-state index contributed by atoms with van der Waals surface area (Å²) >= 11 is 0. The van der Waals surface area contributed by atoms with Crippen molar-refractivity contribution in [1.82, 2.24) is 10.3 Å². The monoisotopic (exact) mass is 221 g/mol. The standard InChI is InChI=1S/C12H19N3O/c1-4-15(11-5-7-14-8-6-11)12(16)10(2)9-13-3/h5-8,10,13H,4,9H2,1-3H3. The number of amides is 1. The first kappa shape index (κ1) is 12.6. The third-order valence-corrected chi connectivity index (χ3v) is 2.49. The maximum absolute atomic E-state index is 12.1. The summed E-state index contributed by atoms with van der Waals surface area (Å²) in [5.74, 6) is 0.126. The van der Waals surface area contributed by atoms with Gasteiger partial charge < -0.3 is 10.2 Å². The fourth-order valence-electron chi connectivity index (χ4n) is 1.65. The smallest absolute Gasteiger partial charge is 0.231 e. The Bertz CT molecular complexity index is 326. The van der Waals surface area contributed by atoms with Gasteiger partial charge in [-0.2, -0.15) is 0 Å². The van der Waals surface area contributed by atoms with Crippen molar-refractivity contribution in [2.24, 2.45) is 5.92 Å². The van der Waals surface area contributed by atoms with Gasteiger partial charge in [0.2, 0.25) is 5.91 Å². The van der Waals surface area contributed by atoms with E-state index in [2.05, 4.69) is 10.3 Å². The van der Waals surface area contributed by atoms with Crippen LogP contribution in [0.25, 0.3) is 0 Å². The molecule has 1 aromatic rings. The average molecular weight is 221 g/mol. The molecule has 1 rings (SSSR count). The molecule has 0 bridgehead atoms. The van der Waals surface area contributed by atoms with Crippen LogP contribution in [0.2, 0.25) is 0 Å². The Morgan fingerprint density at radius 2 is 2.12 bits per heavy atom. The van der Waals surface area contributed by atoms with Crippen molar-refractivity contribution in [3.8, 4) is 0 Å². The highest BCUT2D eigenvalue weighted by molar-refractivity contribution is 5.94. The lowest BCUT2D eigenvalue weighted by molar-refractivity contribution is -0.121. The van der Waals surface area contributed by atoms with Gasteiger partial charge in [0.25, 0.3) is 0 Å². The van der Waals surface area contributed by atoms with E-state index < -0.39 is 0 Å². The fraction of sp³-hybridized carbons (Fsp3) is 0.500. The molecule has 4 nitrogen and oxygen atoms in total. The van der Waals surface area contributed by atoms with E-state index in [0.717, 1.165) is 5.69 Å². The van der Waals surface area contributed by atoms with E-state index in [4.69, 9.17) is 0 Å². The molecule has 0 aromatic carbocycles. The number of aromatic nitrogens is 1. The third-order valence-electron chi connectivity index (χ3n) is 2.49. The molecule has 1 amide bonds. The largest absolute Gasteiger partial charge is 0.319 e. The summed E-state index contributed by atoms with van der Waals surface area (Å²) in [6.07, 6.45) is 3.40.